The highest BCUT2D eigenvalue weighted by molar-refractivity contribution is 5.85. The van der Waals surface area contributed by atoms with E-state index in [1.165, 1.54) is 24.8 Å². The number of hydrogen-bond acceptors (Lipinski definition) is 6. The zero-order chi connectivity index (χ0) is 38.0. The molecule has 6 nitrogen and oxygen atoms in total. The van der Waals surface area contributed by atoms with Gasteiger partial charge in [0.15, 0.2) is 0 Å². The SMILES string of the molecule is C[C@H](CCCc1ccccc1)CCC[C@]12C([C@@H]3C[C@](C)(C#CCC4(CCCCC4)C(=O)O3)[C@]1(O)CCC1=CC(=O)OC1)[C@](C)(C1CCCCC1)CC[C@H]2O. The summed E-state index contributed by atoms with van der Waals surface area (Å²) in [5.74, 6) is 7.58. The third-order valence-corrected chi connectivity index (χ3v) is 16.1. The number of cyclic esters (lactones) is 1. The number of carbonyl (C=O) groups is 2. The van der Waals surface area contributed by atoms with E-state index in [-0.39, 0.29) is 29.9 Å². The summed E-state index contributed by atoms with van der Waals surface area (Å²) >= 11 is 0. The largest absolute Gasteiger partial charge is 0.462 e. The minimum Gasteiger partial charge on any atom is -0.462 e. The molecule has 0 amide bonds. The van der Waals surface area contributed by atoms with Crippen LogP contribution in [0.4, 0.5) is 0 Å². The fraction of sp³-hybridized carbons (Fsp3) is 0.750. The Kier molecular flexibility index (Phi) is 11.8. The van der Waals surface area contributed by atoms with Gasteiger partial charge in [-0.1, -0.05) is 108 Å². The number of carbonyl (C=O) groups excluding carboxylic acids is 2. The molecule has 6 heteroatoms. The standard InChI is InChI=1S/C48H68O6/c1-35(16-13-20-36-18-7-4-8-19-36)17-14-29-47-40(49)24-30-45(3,38-21-9-5-10-22-38)42(47)39-33-44(2,48(47,52)31-23-37-32-41(50)53-34-37)25-15-28-46(43(51)54-39)26-11-6-12-27-46/h4,7-8,18-19,32,35,38-40,42,49,52H,5-6,9-14,16-17,20-24,26-31,33-34H2,1-3H3/t35-,39+,40-,42?,44+,45+,47+,48-/m1/s1. The number of fused-ring (bicyclic) bond motifs is 4. The first-order valence-corrected chi connectivity index (χ1v) is 22.0. The van der Waals surface area contributed by atoms with E-state index in [0.717, 1.165) is 89.0 Å². The molecule has 4 aliphatic carbocycles. The smallest absolute Gasteiger partial charge is 0.331 e. The first kappa shape index (κ1) is 39.6. The highest BCUT2D eigenvalue weighted by atomic mass is 16.5. The maximum Gasteiger partial charge on any atom is 0.331 e. The maximum absolute atomic E-state index is 14.7. The Morgan fingerprint density at radius 3 is 2.33 bits per heavy atom. The molecule has 7 rings (SSSR count). The molecule has 0 radical (unpaired) electrons. The van der Waals surface area contributed by atoms with E-state index in [2.05, 4.69) is 62.9 Å². The summed E-state index contributed by atoms with van der Waals surface area (Å²) in [5, 5.41) is 26.9. The average molecular weight is 741 g/mol. The predicted octanol–water partition coefficient (Wildman–Crippen LogP) is 9.83. The van der Waals surface area contributed by atoms with E-state index < -0.39 is 34.1 Å². The van der Waals surface area contributed by atoms with Crippen molar-refractivity contribution in [2.24, 2.45) is 39.4 Å². The second-order valence-electron chi connectivity index (χ2n) is 19.4. The van der Waals surface area contributed by atoms with Crippen molar-refractivity contribution in [2.75, 3.05) is 6.61 Å². The molecule has 54 heavy (non-hydrogen) atoms. The molecule has 2 aliphatic heterocycles. The number of ether oxygens (including phenoxy) is 2. The van der Waals surface area contributed by atoms with Crippen molar-refractivity contribution in [1.29, 1.82) is 0 Å². The van der Waals surface area contributed by atoms with Crippen molar-refractivity contribution in [2.45, 2.75) is 180 Å². The molecular formula is C48H68O6. The lowest BCUT2D eigenvalue weighted by atomic mass is 9.35. The number of hydrogen-bond donors (Lipinski definition) is 2. The first-order valence-electron chi connectivity index (χ1n) is 22.0. The molecule has 8 atom stereocenters. The lowest BCUT2D eigenvalue weighted by Crippen LogP contribution is -2.76. The Labute approximate surface area is 325 Å². The predicted molar refractivity (Wildman–Crippen MR) is 212 cm³/mol. The highest BCUT2D eigenvalue weighted by Crippen LogP contribution is 2.72. The van der Waals surface area contributed by atoms with Crippen molar-refractivity contribution in [3.63, 3.8) is 0 Å². The van der Waals surface area contributed by atoms with Gasteiger partial charge in [-0.25, -0.2) is 4.79 Å². The van der Waals surface area contributed by atoms with Gasteiger partial charge in [-0.2, -0.15) is 0 Å². The molecule has 6 aliphatic rings. The van der Waals surface area contributed by atoms with E-state index in [4.69, 9.17) is 9.47 Å². The zero-order valence-corrected chi connectivity index (χ0v) is 33.6. The number of benzene rings is 1. The van der Waals surface area contributed by atoms with Gasteiger partial charge in [-0.15, -0.1) is 5.92 Å². The third-order valence-electron chi connectivity index (χ3n) is 16.1. The Morgan fingerprint density at radius 1 is 0.889 bits per heavy atom. The first-order chi connectivity index (χ1) is 25.9. The van der Waals surface area contributed by atoms with Gasteiger partial charge in [-0.05, 0) is 106 Å². The van der Waals surface area contributed by atoms with Gasteiger partial charge >= 0.3 is 11.9 Å². The van der Waals surface area contributed by atoms with Gasteiger partial charge in [0.2, 0.25) is 0 Å². The Bertz CT molecular complexity index is 1580. The van der Waals surface area contributed by atoms with E-state index in [1.54, 1.807) is 6.08 Å². The van der Waals surface area contributed by atoms with E-state index >= 15 is 0 Å². The van der Waals surface area contributed by atoms with Crippen LogP contribution < -0.4 is 0 Å². The van der Waals surface area contributed by atoms with E-state index in [1.807, 2.05) is 0 Å². The summed E-state index contributed by atoms with van der Waals surface area (Å²) in [6.45, 7) is 7.15. The lowest BCUT2D eigenvalue weighted by Gasteiger charge is -2.71. The molecule has 2 bridgehead atoms. The molecule has 0 saturated heterocycles. The summed E-state index contributed by atoms with van der Waals surface area (Å²) in [4.78, 5) is 26.9. The van der Waals surface area contributed by atoms with Gasteiger partial charge in [0, 0.05) is 30.3 Å². The van der Waals surface area contributed by atoms with Gasteiger partial charge in [0.05, 0.1) is 22.5 Å². The van der Waals surface area contributed by atoms with Crippen LogP contribution in [-0.4, -0.2) is 46.6 Å². The summed E-state index contributed by atoms with van der Waals surface area (Å²) in [6.07, 6.45) is 20.3. The minimum absolute atomic E-state index is 0.0880. The van der Waals surface area contributed by atoms with Crippen LogP contribution in [0.25, 0.3) is 0 Å². The highest BCUT2D eigenvalue weighted by Gasteiger charge is 2.75. The zero-order valence-electron chi connectivity index (χ0n) is 33.6. The van der Waals surface area contributed by atoms with Crippen LogP contribution in [0.15, 0.2) is 42.0 Å². The van der Waals surface area contributed by atoms with Gasteiger partial charge < -0.3 is 19.7 Å². The molecule has 1 aromatic carbocycles. The second kappa shape index (κ2) is 16.1. The van der Waals surface area contributed by atoms with Crippen molar-refractivity contribution in [1.82, 2.24) is 0 Å². The van der Waals surface area contributed by atoms with Gasteiger partial charge in [-0.3, -0.25) is 4.79 Å². The number of aliphatic hydroxyl groups is 2. The monoisotopic (exact) mass is 741 g/mol. The van der Waals surface area contributed by atoms with Gasteiger partial charge in [0.25, 0.3) is 0 Å². The topological polar surface area (TPSA) is 93.1 Å². The molecule has 2 N–H and O–H groups in total. The molecule has 4 fully saturated rings. The number of esters is 2. The number of rotatable bonds is 12. The summed E-state index contributed by atoms with van der Waals surface area (Å²) in [7, 11) is 0. The quantitative estimate of drug-likeness (QED) is 0.164. The molecule has 4 saturated carbocycles. The number of aryl methyl sites for hydroxylation is 1. The van der Waals surface area contributed by atoms with E-state index in [9.17, 15) is 19.8 Å². The molecule has 0 aromatic heterocycles. The Balaban J connectivity index is 1.29. The molecule has 2 heterocycles. The number of aliphatic hydroxyl groups excluding tert-OH is 1. The second-order valence-corrected chi connectivity index (χ2v) is 19.4. The van der Waals surface area contributed by atoms with Crippen molar-refractivity contribution in [3.8, 4) is 11.8 Å². The van der Waals surface area contributed by atoms with Crippen molar-refractivity contribution in [3.05, 3.63) is 47.5 Å². The molecular weight excluding hydrogens is 673 g/mol. The van der Waals surface area contributed by atoms with Crippen molar-refractivity contribution >= 4 is 11.9 Å². The van der Waals surface area contributed by atoms with Crippen LogP contribution in [0.3, 0.4) is 0 Å². The van der Waals surface area contributed by atoms with Crippen LogP contribution in [0, 0.1) is 51.3 Å². The molecule has 1 aromatic rings. The fourth-order valence-electron chi connectivity index (χ4n) is 13.1. The van der Waals surface area contributed by atoms with Crippen molar-refractivity contribution < 1.29 is 29.3 Å². The summed E-state index contributed by atoms with van der Waals surface area (Å²) in [6, 6.07) is 10.7. The maximum atomic E-state index is 14.7. The summed E-state index contributed by atoms with van der Waals surface area (Å²) in [5.41, 5.74) is -1.80. The average Bonchev–Trinajstić information content (AvgIpc) is 3.61. The van der Waals surface area contributed by atoms with E-state index in [0.29, 0.717) is 50.4 Å². The van der Waals surface area contributed by atoms with Crippen LogP contribution in [0.2, 0.25) is 0 Å². The Hall–Kier alpha value is -2.62. The Morgan fingerprint density at radius 2 is 1.61 bits per heavy atom. The van der Waals surface area contributed by atoms with Crippen LogP contribution in [0.1, 0.15) is 161 Å². The van der Waals surface area contributed by atoms with Crippen LogP contribution >= 0.6 is 0 Å². The third kappa shape index (κ3) is 7.24. The van der Waals surface area contributed by atoms with Crippen LogP contribution in [-0.2, 0) is 25.5 Å². The molecule has 1 unspecified atom stereocenters. The summed E-state index contributed by atoms with van der Waals surface area (Å²) < 4.78 is 12.4. The normalized spacial score (nSPS) is 37.1. The fourth-order valence-corrected chi connectivity index (χ4v) is 13.1. The molecule has 296 valence electrons. The van der Waals surface area contributed by atoms with Gasteiger partial charge in [0.1, 0.15) is 12.7 Å². The lowest BCUT2D eigenvalue weighted by molar-refractivity contribution is -0.315. The van der Waals surface area contributed by atoms with Crippen LogP contribution in [0.5, 0.6) is 0 Å². The minimum atomic E-state index is -1.39. The molecule has 1 spiro atoms.